The molecular weight excluding hydrogens is 769 g/mol. The Kier molecular flexibility index (Phi) is 15.8. The van der Waals surface area contributed by atoms with E-state index >= 15 is 0 Å². The molecule has 7 amide bonds. The number of carbonyl (C=O) groups is 7. The van der Waals surface area contributed by atoms with Gasteiger partial charge in [0.15, 0.2) is 0 Å². The lowest BCUT2D eigenvalue weighted by atomic mass is 9.98. The minimum absolute atomic E-state index is 0.00616. The Morgan fingerprint density at radius 3 is 1.97 bits per heavy atom. The molecule has 5 rings (SSSR count). The number of nitrogens with zero attached hydrogens (tertiary/aromatic N) is 2. The van der Waals surface area contributed by atoms with E-state index in [2.05, 4.69) is 16.0 Å². The number of rotatable bonds is 18. The summed E-state index contributed by atoms with van der Waals surface area (Å²) in [6.07, 6.45) is 0.245. The van der Waals surface area contributed by atoms with Crippen LogP contribution in [0.2, 0.25) is 0 Å². The molecule has 0 spiro atoms. The first-order valence-corrected chi connectivity index (χ1v) is 20.5. The largest absolute Gasteiger partial charge is 0.489 e. The minimum atomic E-state index is -1.27. The average molecular weight is 825 g/mol. The molecule has 3 aromatic rings. The standard InChI is InChI=1S/C45H56N6O9/c1-28(2)24-35(44(57)50-23-11-16-36(50)40(46)53)48-43(56)39(29(3)4)49-41(54)34(25-30-17-19-33(20-18-30)59-26-31-12-7-5-8-13-31)47-42(55)37-21-22-38(52)51(37)45(58)60-27-32-14-9-6-10-15-32/h5-10,12-15,17-20,28-29,34-37,39H,11,16,21-27H2,1-4H3,(H2,46,53)(H,47,55)(H,48,56)(H,49,54). The highest BCUT2D eigenvalue weighted by Gasteiger charge is 2.43. The number of nitrogens with one attached hydrogen (secondary N) is 3. The molecule has 2 saturated heterocycles. The highest BCUT2D eigenvalue weighted by atomic mass is 16.6. The molecule has 0 saturated carbocycles. The first-order chi connectivity index (χ1) is 28.7. The van der Waals surface area contributed by atoms with Gasteiger partial charge in [-0.25, -0.2) is 9.69 Å². The summed E-state index contributed by atoms with van der Waals surface area (Å²) in [5.41, 5.74) is 7.92. The van der Waals surface area contributed by atoms with Gasteiger partial charge in [0.2, 0.25) is 35.4 Å². The fraction of sp³-hybridized carbons (Fsp3) is 0.444. The lowest BCUT2D eigenvalue weighted by Gasteiger charge is -2.31. The van der Waals surface area contributed by atoms with Crippen LogP contribution >= 0.6 is 0 Å². The van der Waals surface area contributed by atoms with Crippen molar-refractivity contribution in [3.8, 4) is 5.75 Å². The van der Waals surface area contributed by atoms with Crippen LogP contribution in [0.5, 0.6) is 5.75 Å². The highest BCUT2D eigenvalue weighted by Crippen LogP contribution is 2.23. The molecule has 60 heavy (non-hydrogen) atoms. The van der Waals surface area contributed by atoms with Crippen LogP contribution < -0.4 is 26.4 Å². The molecule has 15 nitrogen and oxygen atoms in total. The van der Waals surface area contributed by atoms with Gasteiger partial charge in [-0.2, -0.15) is 0 Å². The summed E-state index contributed by atoms with van der Waals surface area (Å²) >= 11 is 0. The second-order valence-corrected chi connectivity index (χ2v) is 16.1. The number of likely N-dealkylation sites (tertiary alicyclic amines) is 2. The van der Waals surface area contributed by atoms with E-state index in [0.717, 1.165) is 10.5 Å². The molecular formula is C45H56N6O9. The number of hydrogen-bond donors (Lipinski definition) is 4. The van der Waals surface area contributed by atoms with Crippen molar-refractivity contribution in [1.29, 1.82) is 0 Å². The summed E-state index contributed by atoms with van der Waals surface area (Å²) in [6, 6.07) is 20.1. The zero-order valence-electron chi connectivity index (χ0n) is 34.6. The Bertz CT molecular complexity index is 1980. The number of benzene rings is 3. The van der Waals surface area contributed by atoms with Crippen LogP contribution in [-0.4, -0.2) is 88.1 Å². The van der Waals surface area contributed by atoms with Crippen LogP contribution in [0.1, 0.15) is 76.5 Å². The van der Waals surface area contributed by atoms with E-state index in [4.69, 9.17) is 15.2 Å². The van der Waals surface area contributed by atoms with E-state index in [1.54, 1.807) is 62.4 Å². The van der Waals surface area contributed by atoms with Gasteiger partial charge in [-0.3, -0.25) is 28.8 Å². The Morgan fingerprint density at radius 2 is 1.37 bits per heavy atom. The van der Waals surface area contributed by atoms with Crippen LogP contribution in [0.15, 0.2) is 84.9 Å². The topological polar surface area (TPSA) is 207 Å². The predicted molar refractivity (Wildman–Crippen MR) is 221 cm³/mol. The van der Waals surface area contributed by atoms with Gasteiger partial charge in [0.05, 0.1) is 0 Å². The van der Waals surface area contributed by atoms with Crippen LogP contribution in [0.4, 0.5) is 4.79 Å². The minimum Gasteiger partial charge on any atom is -0.489 e. The van der Waals surface area contributed by atoms with Crippen molar-refractivity contribution in [3.63, 3.8) is 0 Å². The van der Waals surface area contributed by atoms with E-state index in [-0.39, 0.29) is 38.2 Å². The third-order valence-electron chi connectivity index (χ3n) is 10.6. The molecule has 2 fully saturated rings. The maximum Gasteiger partial charge on any atom is 0.417 e. The van der Waals surface area contributed by atoms with E-state index < -0.39 is 77.7 Å². The molecule has 320 valence electrons. The smallest absolute Gasteiger partial charge is 0.417 e. The average Bonchev–Trinajstić information content (AvgIpc) is 3.89. The molecule has 2 heterocycles. The van der Waals surface area contributed by atoms with Crippen molar-refractivity contribution in [2.24, 2.45) is 17.6 Å². The monoisotopic (exact) mass is 824 g/mol. The molecule has 5 atom stereocenters. The molecule has 5 unspecified atom stereocenters. The van der Waals surface area contributed by atoms with E-state index in [0.29, 0.717) is 42.9 Å². The van der Waals surface area contributed by atoms with Crippen molar-refractivity contribution in [2.45, 2.75) is 110 Å². The lowest BCUT2D eigenvalue weighted by Crippen LogP contribution is -2.60. The Balaban J connectivity index is 1.34. The molecule has 0 aromatic heterocycles. The van der Waals surface area contributed by atoms with Gasteiger partial charge in [0, 0.05) is 19.4 Å². The number of hydrogen-bond acceptors (Lipinski definition) is 9. The SMILES string of the molecule is CC(C)CC(NC(=O)C(NC(=O)C(Cc1ccc(OCc2ccccc2)cc1)NC(=O)C1CCC(=O)N1C(=O)OCc1ccccc1)C(C)C)C(=O)N1CCCC1C(N)=O. The third-order valence-corrected chi connectivity index (χ3v) is 10.6. The second kappa shape index (κ2) is 21.1. The van der Waals surface area contributed by atoms with Gasteiger partial charge in [-0.1, -0.05) is 100 Å². The number of imide groups is 1. The normalized spacial score (nSPS) is 17.8. The Morgan fingerprint density at radius 1 is 0.733 bits per heavy atom. The molecule has 3 aromatic carbocycles. The fourth-order valence-electron chi connectivity index (χ4n) is 7.40. The lowest BCUT2D eigenvalue weighted by molar-refractivity contribution is -0.141. The van der Waals surface area contributed by atoms with Crippen molar-refractivity contribution in [3.05, 3.63) is 102 Å². The van der Waals surface area contributed by atoms with Gasteiger partial charge in [-0.05, 0) is 66.3 Å². The molecule has 0 bridgehead atoms. The van der Waals surface area contributed by atoms with E-state index in [9.17, 15) is 33.6 Å². The first kappa shape index (κ1) is 44.8. The van der Waals surface area contributed by atoms with E-state index in [1.165, 1.54) is 4.90 Å². The van der Waals surface area contributed by atoms with Gasteiger partial charge in [0.1, 0.15) is 49.2 Å². The molecule has 5 N–H and O–H groups in total. The van der Waals surface area contributed by atoms with Crippen LogP contribution in [0.3, 0.4) is 0 Å². The predicted octanol–water partition coefficient (Wildman–Crippen LogP) is 3.77. The second-order valence-electron chi connectivity index (χ2n) is 16.1. The Hall–Kier alpha value is -6.25. The zero-order valence-corrected chi connectivity index (χ0v) is 34.6. The number of amides is 7. The van der Waals surface area contributed by atoms with Gasteiger partial charge in [-0.15, -0.1) is 0 Å². The maximum absolute atomic E-state index is 14.3. The number of carbonyl (C=O) groups excluding carboxylic acids is 7. The van der Waals surface area contributed by atoms with Gasteiger partial charge >= 0.3 is 6.09 Å². The molecule has 2 aliphatic heterocycles. The fourth-order valence-corrected chi connectivity index (χ4v) is 7.40. The summed E-state index contributed by atoms with van der Waals surface area (Å²) in [4.78, 5) is 96.4. The van der Waals surface area contributed by atoms with Crippen LogP contribution in [-0.2, 0) is 53.1 Å². The first-order valence-electron chi connectivity index (χ1n) is 20.5. The quantitative estimate of drug-likeness (QED) is 0.147. The highest BCUT2D eigenvalue weighted by molar-refractivity contribution is 6.02. The van der Waals surface area contributed by atoms with Gasteiger partial charge < -0.3 is 36.1 Å². The molecule has 0 radical (unpaired) electrons. The third kappa shape index (κ3) is 12.1. The van der Waals surface area contributed by atoms with Crippen LogP contribution in [0.25, 0.3) is 0 Å². The van der Waals surface area contributed by atoms with Crippen molar-refractivity contribution < 1.29 is 43.0 Å². The summed E-state index contributed by atoms with van der Waals surface area (Å²) in [7, 11) is 0. The molecule has 15 heteroatoms. The van der Waals surface area contributed by atoms with Gasteiger partial charge in [0.25, 0.3) is 0 Å². The van der Waals surface area contributed by atoms with E-state index in [1.807, 2.05) is 50.2 Å². The number of nitrogens with two attached hydrogens (primary N) is 1. The summed E-state index contributed by atoms with van der Waals surface area (Å²) in [6.45, 7) is 7.84. The van der Waals surface area contributed by atoms with Crippen molar-refractivity contribution in [1.82, 2.24) is 25.8 Å². The summed E-state index contributed by atoms with van der Waals surface area (Å²) in [5, 5.41) is 8.37. The summed E-state index contributed by atoms with van der Waals surface area (Å²) in [5.74, 6) is -3.58. The molecule has 0 aliphatic carbocycles. The summed E-state index contributed by atoms with van der Waals surface area (Å²) < 4.78 is 11.3. The Labute approximate surface area is 350 Å². The number of ether oxygens (including phenoxy) is 2. The number of primary amides is 1. The zero-order chi connectivity index (χ0) is 43.3. The molecule has 2 aliphatic rings. The van der Waals surface area contributed by atoms with Crippen LogP contribution in [0, 0.1) is 11.8 Å². The van der Waals surface area contributed by atoms with Crippen molar-refractivity contribution in [2.75, 3.05) is 6.54 Å². The van der Waals surface area contributed by atoms with Crippen molar-refractivity contribution >= 4 is 41.5 Å². The maximum atomic E-state index is 14.3.